The van der Waals surface area contributed by atoms with E-state index in [1.165, 1.54) is 0 Å². The second-order valence-electron chi connectivity index (χ2n) is 7.21. The number of aromatic amines is 1. The lowest BCUT2D eigenvalue weighted by molar-refractivity contribution is 0.0662. The van der Waals surface area contributed by atoms with Gasteiger partial charge in [0.2, 0.25) is 11.7 Å². The zero-order valence-corrected chi connectivity index (χ0v) is 16.9. The Kier molecular flexibility index (Phi) is 5.06. The van der Waals surface area contributed by atoms with Gasteiger partial charge < -0.3 is 9.42 Å². The fraction of sp³-hybridized carbons (Fsp3) is 0.300. The van der Waals surface area contributed by atoms with Gasteiger partial charge in [-0.15, -0.1) is 11.3 Å². The minimum Gasteiger partial charge on any atom is -0.339 e. The molecule has 1 atom stereocenters. The van der Waals surface area contributed by atoms with Crippen LogP contribution in [0.5, 0.6) is 0 Å². The third kappa shape index (κ3) is 3.86. The summed E-state index contributed by atoms with van der Waals surface area (Å²) >= 11 is 1.61. The molecule has 1 N–H and O–H groups in total. The second-order valence-corrected chi connectivity index (χ2v) is 8.16. The molecule has 10 heteroatoms. The Morgan fingerprint density at radius 2 is 2.33 bits per heavy atom. The summed E-state index contributed by atoms with van der Waals surface area (Å²) in [5, 5.41) is 13.2. The number of rotatable bonds is 5. The molecule has 0 bridgehead atoms. The van der Waals surface area contributed by atoms with Crippen molar-refractivity contribution in [3.8, 4) is 22.1 Å². The van der Waals surface area contributed by atoms with Crippen molar-refractivity contribution in [3.63, 3.8) is 0 Å². The summed E-state index contributed by atoms with van der Waals surface area (Å²) in [4.78, 5) is 28.5. The molecule has 1 fully saturated rings. The van der Waals surface area contributed by atoms with E-state index in [4.69, 9.17) is 4.52 Å². The molecule has 152 valence electrons. The van der Waals surface area contributed by atoms with Gasteiger partial charge in [-0.1, -0.05) is 11.2 Å². The van der Waals surface area contributed by atoms with Gasteiger partial charge in [0.25, 0.3) is 5.91 Å². The summed E-state index contributed by atoms with van der Waals surface area (Å²) in [6.45, 7) is 1.37. The number of carbonyl (C=O) groups excluding carboxylic acids is 1. The summed E-state index contributed by atoms with van der Waals surface area (Å²) in [6.07, 6.45) is 7.36. The zero-order valence-electron chi connectivity index (χ0n) is 16.1. The lowest BCUT2D eigenvalue weighted by atomic mass is 9.94. The highest BCUT2D eigenvalue weighted by Gasteiger charge is 2.27. The number of H-pyrrole nitrogens is 1. The standard InChI is InChI=1S/C20H19N7O2S/c28-20(15-10-14(24-25-15)17-4-2-8-30-17)27-7-1-3-13(12-27)9-18-23-19(26-29-18)16-11-21-5-6-22-16/h2,4-6,8,10-11,13H,1,3,7,9,12H2,(H,24,25)/t13-/m1/s1. The fourth-order valence-corrected chi connectivity index (χ4v) is 4.36. The van der Waals surface area contributed by atoms with E-state index in [0.29, 0.717) is 36.1 Å². The van der Waals surface area contributed by atoms with Crippen LogP contribution in [0.25, 0.3) is 22.1 Å². The van der Waals surface area contributed by atoms with Gasteiger partial charge in [-0.05, 0) is 36.3 Å². The maximum atomic E-state index is 12.9. The van der Waals surface area contributed by atoms with E-state index >= 15 is 0 Å². The van der Waals surface area contributed by atoms with Gasteiger partial charge in [0, 0.05) is 31.9 Å². The predicted octanol–water partition coefficient (Wildman–Crippen LogP) is 3.07. The Balaban J connectivity index is 1.24. The summed E-state index contributed by atoms with van der Waals surface area (Å²) < 4.78 is 5.40. The van der Waals surface area contributed by atoms with Gasteiger partial charge in [-0.2, -0.15) is 10.1 Å². The minimum absolute atomic E-state index is 0.0514. The van der Waals surface area contributed by atoms with Gasteiger partial charge in [-0.25, -0.2) is 4.98 Å². The molecular weight excluding hydrogens is 402 g/mol. The first-order chi connectivity index (χ1) is 14.8. The first-order valence-corrected chi connectivity index (χ1v) is 10.6. The number of carbonyl (C=O) groups is 1. The molecule has 0 aliphatic carbocycles. The first-order valence-electron chi connectivity index (χ1n) is 9.74. The van der Waals surface area contributed by atoms with Crippen molar-refractivity contribution >= 4 is 17.2 Å². The molecule has 1 saturated heterocycles. The number of hydrogen-bond acceptors (Lipinski definition) is 8. The van der Waals surface area contributed by atoms with Crippen LogP contribution >= 0.6 is 11.3 Å². The molecule has 4 aromatic rings. The van der Waals surface area contributed by atoms with Gasteiger partial charge in [0.05, 0.1) is 16.8 Å². The molecule has 0 spiro atoms. The molecule has 5 rings (SSSR count). The number of hydrogen-bond donors (Lipinski definition) is 1. The fourth-order valence-electron chi connectivity index (χ4n) is 3.67. The number of thiophene rings is 1. The van der Waals surface area contributed by atoms with Crippen molar-refractivity contribution in [2.24, 2.45) is 5.92 Å². The number of amides is 1. The molecule has 4 aromatic heterocycles. The van der Waals surface area contributed by atoms with E-state index in [-0.39, 0.29) is 11.8 Å². The van der Waals surface area contributed by atoms with E-state index in [9.17, 15) is 4.79 Å². The molecule has 1 aliphatic rings. The largest absolute Gasteiger partial charge is 0.339 e. The van der Waals surface area contributed by atoms with Crippen LogP contribution in [0.2, 0.25) is 0 Å². The maximum Gasteiger partial charge on any atom is 0.274 e. The molecule has 30 heavy (non-hydrogen) atoms. The summed E-state index contributed by atoms with van der Waals surface area (Å²) in [6, 6.07) is 5.80. The molecule has 1 amide bonds. The Morgan fingerprint density at radius 3 is 3.17 bits per heavy atom. The Bertz CT molecular complexity index is 1120. The van der Waals surface area contributed by atoms with Gasteiger partial charge in [0.15, 0.2) is 5.69 Å². The monoisotopic (exact) mass is 421 g/mol. The van der Waals surface area contributed by atoms with Crippen molar-refractivity contribution in [2.75, 3.05) is 13.1 Å². The lowest BCUT2D eigenvalue weighted by Gasteiger charge is -2.31. The molecule has 0 radical (unpaired) electrons. The van der Waals surface area contributed by atoms with Crippen LogP contribution in [0.1, 0.15) is 29.2 Å². The molecule has 9 nitrogen and oxygen atoms in total. The number of nitrogens with zero attached hydrogens (tertiary/aromatic N) is 6. The zero-order chi connectivity index (χ0) is 20.3. The number of likely N-dealkylation sites (tertiary alicyclic amines) is 1. The molecule has 0 saturated carbocycles. The second kappa shape index (κ2) is 8.15. The van der Waals surface area contributed by atoms with Crippen LogP contribution in [-0.2, 0) is 6.42 Å². The van der Waals surface area contributed by atoms with Crippen molar-refractivity contribution < 1.29 is 9.32 Å². The van der Waals surface area contributed by atoms with Gasteiger partial charge >= 0.3 is 0 Å². The van der Waals surface area contributed by atoms with E-state index in [2.05, 4.69) is 30.3 Å². The molecule has 1 aliphatic heterocycles. The van der Waals surface area contributed by atoms with Crippen molar-refractivity contribution in [1.29, 1.82) is 0 Å². The van der Waals surface area contributed by atoms with Crippen LogP contribution in [0.3, 0.4) is 0 Å². The lowest BCUT2D eigenvalue weighted by Crippen LogP contribution is -2.40. The third-order valence-electron chi connectivity index (χ3n) is 5.11. The number of piperidine rings is 1. The molecule has 0 unspecified atom stereocenters. The summed E-state index contributed by atoms with van der Waals surface area (Å²) in [5.41, 5.74) is 1.89. The normalized spacial score (nSPS) is 16.7. The Hall–Kier alpha value is -3.40. The smallest absolute Gasteiger partial charge is 0.274 e. The number of nitrogens with one attached hydrogen (secondary N) is 1. The van der Waals surface area contributed by atoms with E-state index in [1.807, 2.05) is 28.5 Å². The predicted molar refractivity (Wildman–Crippen MR) is 110 cm³/mol. The summed E-state index contributed by atoms with van der Waals surface area (Å²) in [7, 11) is 0. The quantitative estimate of drug-likeness (QED) is 0.527. The Labute approximate surface area is 176 Å². The van der Waals surface area contributed by atoms with E-state index in [1.54, 1.807) is 29.9 Å². The highest BCUT2D eigenvalue weighted by atomic mass is 32.1. The maximum absolute atomic E-state index is 12.9. The third-order valence-corrected chi connectivity index (χ3v) is 6.02. The highest BCUT2D eigenvalue weighted by Crippen LogP contribution is 2.25. The van der Waals surface area contributed by atoms with E-state index < -0.39 is 0 Å². The van der Waals surface area contributed by atoms with Gasteiger partial charge in [-0.3, -0.25) is 14.9 Å². The number of aromatic nitrogens is 6. The molecular formula is C20H19N7O2S. The minimum atomic E-state index is -0.0514. The summed E-state index contributed by atoms with van der Waals surface area (Å²) in [5.74, 6) is 1.19. The average molecular weight is 421 g/mol. The first kappa shape index (κ1) is 18.6. The van der Waals surface area contributed by atoms with Crippen LogP contribution in [0, 0.1) is 5.92 Å². The SMILES string of the molecule is O=C(c1cc(-c2cccs2)[nH]n1)N1CCC[C@H](Cc2nc(-c3cnccn3)no2)C1. The van der Waals surface area contributed by atoms with Crippen LogP contribution in [0.15, 0.2) is 46.7 Å². The van der Waals surface area contributed by atoms with Crippen LogP contribution < -0.4 is 0 Å². The van der Waals surface area contributed by atoms with E-state index in [0.717, 1.165) is 30.0 Å². The van der Waals surface area contributed by atoms with Crippen molar-refractivity contribution in [2.45, 2.75) is 19.3 Å². The molecule has 0 aromatic carbocycles. The van der Waals surface area contributed by atoms with Crippen LogP contribution in [0.4, 0.5) is 0 Å². The Morgan fingerprint density at radius 1 is 1.37 bits per heavy atom. The average Bonchev–Trinajstić information content (AvgIpc) is 3.55. The van der Waals surface area contributed by atoms with Crippen LogP contribution in [-0.4, -0.2) is 54.2 Å². The molecule has 5 heterocycles. The highest BCUT2D eigenvalue weighted by molar-refractivity contribution is 7.13. The topological polar surface area (TPSA) is 114 Å². The van der Waals surface area contributed by atoms with Crippen molar-refractivity contribution in [3.05, 3.63) is 53.8 Å². The van der Waals surface area contributed by atoms with Crippen molar-refractivity contribution in [1.82, 2.24) is 35.2 Å². The van der Waals surface area contributed by atoms with Gasteiger partial charge in [0.1, 0.15) is 5.69 Å².